The summed E-state index contributed by atoms with van der Waals surface area (Å²) in [5, 5.41) is 21.9. The Hall–Kier alpha value is -2.12. The Morgan fingerprint density at radius 2 is 1.84 bits per heavy atom. The summed E-state index contributed by atoms with van der Waals surface area (Å²) < 4.78 is 5.39. The first-order valence-corrected chi connectivity index (χ1v) is 8.34. The zero-order valence-corrected chi connectivity index (χ0v) is 15.4. The first kappa shape index (κ1) is 20.9. The number of aliphatic hydroxyl groups excluding tert-OH is 1. The molecule has 140 valence electrons. The van der Waals surface area contributed by atoms with Gasteiger partial charge in [-0.1, -0.05) is 19.1 Å². The Morgan fingerprint density at radius 1 is 1.24 bits per heavy atom. The Balaban J connectivity index is 3.26. The van der Waals surface area contributed by atoms with Gasteiger partial charge < -0.3 is 20.3 Å². The van der Waals surface area contributed by atoms with Gasteiger partial charge in [0, 0.05) is 6.42 Å². The topological polar surface area (TPSA) is 99.1 Å². The average Bonchev–Trinajstić information content (AvgIpc) is 2.47. The normalized spacial score (nSPS) is 12.6. The lowest BCUT2D eigenvalue weighted by atomic mass is 10.1. The van der Waals surface area contributed by atoms with Crippen LogP contribution >= 0.6 is 0 Å². The van der Waals surface area contributed by atoms with Crippen molar-refractivity contribution in [2.75, 3.05) is 10.2 Å². The van der Waals surface area contributed by atoms with Crippen molar-refractivity contribution in [1.82, 2.24) is 0 Å². The Kier molecular flexibility index (Phi) is 7.38. The standard InChI is InChI=1S/C18H28N2O5/c1-6-9-15(21)19-13-10-7-8-11-14(13)20(12(2)16(22)23)17(24)25-18(3,4)5/h7-8,10-12,16,22-23H,6,9H2,1-5H3,(H,19,21)/t12-/m1/s1. The molecular formula is C18H28N2O5. The summed E-state index contributed by atoms with van der Waals surface area (Å²) in [5.41, 5.74) is -0.0170. The predicted molar refractivity (Wildman–Crippen MR) is 96.4 cm³/mol. The van der Waals surface area contributed by atoms with E-state index in [9.17, 15) is 19.8 Å². The summed E-state index contributed by atoms with van der Waals surface area (Å²) in [5.74, 6) is -0.184. The lowest BCUT2D eigenvalue weighted by molar-refractivity contribution is -0.116. The molecule has 0 fully saturated rings. The van der Waals surface area contributed by atoms with Gasteiger partial charge in [-0.2, -0.15) is 0 Å². The highest BCUT2D eigenvalue weighted by atomic mass is 16.6. The van der Waals surface area contributed by atoms with Crippen molar-refractivity contribution in [2.45, 2.75) is 65.4 Å². The second-order valence-electron chi connectivity index (χ2n) is 6.82. The van der Waals surface area contributed by atoms with Crippen LogP contribution in [0.2, 0.25) is 0 Å². The molecular weight excluding hydrogens is 324 g/mol. The van der Waals surface area contributed by atoms with Gasteiger partial charge in [0.05, 0.1) is 17.4 Å². The molecule has 0 spiro atoms. The van der Waals surface area contributed by atoms with Crippen LogP contribution in [0, 0.1) is 0 Å². The van der Waals surface area contributed by atoms with E-state index in [0.717, 1.165) is 4.90 Å². The summed E-state index contributed by atoms with van der Waals surface area (Å²) in [7, 11) is 0. The number of hydrogen-bond donors (Lipinski definition) is 3. The molecule has 0 heterocycles. The number of carbonyl (C=O) groups excluding carboxylic acids is 2. The van der Waals surface area contributed by atoms with E-state index in [2.05, 4.69) is 5.32 Å². The van der Waals surface area contributed by atoms with Crippen LogP contribution in [0.5, 0.6) is 0 Å². The zero-order valence-electron chi connectivity index (χ0n) is 15.4. The van der Waals surface area contributed by atoms with Gasteiger partial charge in [-0.3, -0.25) is 9.69 Å². The van der Waals surface area contributed by atoms with E-state index in [4.69, 9.17) is 4.74 Å². The fourth-order valence-electron chi connectivity index (χ4n) is 2.16. The highest BCUT2D eigenvalue weighted by Gasteiger charge is 2.32. The van der Waals surface area contributed by atoms with E-state index in [1.54, 1.807) is 45.0 Å². The number of aliphatic hydroxyl groups is 2. The number of nitrogens with zero attached hydrogens (tertiary/aromatic N) is 1. The van der Waals surface area contributed by atoms with Gasteiger partial charge in [0.1, 0.15) is 5.60 Å². The molecule has 0 aliphatic heterocycles. The fourth-order valence-corrected chi connectivity index (χ4v) is 2.16. The van der Waals surface area contributed by atoms with Crippen molar-refractivity contribution in [3.05, 3.63) is 24.3 Å². The van der Waals surface area contributed by atoms with Gasteiger partial charge in [0.2, 0.25) is 5.91 Å². The maximum absolute atomic E-state index is 12.6. The molecule has 1 atom stereocenters. The number of carbonyl (C=O) groups is 2. The molecule has 0 aliphatic rings. The molecule has 25 heavy (non-hydrogen) atoms. The van der Waals surface area contributed by atoms with Gasteiger partial charge in [-0.25, -0.2) is 4.79 Å². The Morgan fingerprint density at radius 3 is 2.36 bits per heavy atom. The SMILES string of the molecule is CCCC(=O)Nc1ccccc1N(C(=O)OC(C)(C)C)[C@H](C)C(O)O. The molecule has 3 N–H and O–H groups in total. The van der Waals surface area contributed by atoms with Crippen LogP contribution in [0.1, 0.15) is 47.5 Å². The lowest BCUT2D eigenvalue weighted by Gasteiger charge is -2.33. The smallest absolute Gasteiger partial charge is 0.415 e. The van der Waals surface area contributed by atoms with E-state index < -0.39 is 24.0 Å². The minimum absolute atomic E-state index is 0.184. The van der Waals surface area contributed by atoms with Crippen LogP contribution in [0.25, 0.3) is 0 Å². The zero-order chi connectivity index (χ0) is 19.2. The summed E-state index contributed by atoms with van der Waals surface area (Å²) in [4.78, 5) is 25.7. The van der Waals surface area contributed by atoms with E-state index in [0.29, 0.717) is 24.2 Å². The highest BCUT2D eigenvalue weighted by molar-refractivity contribution is 5.99. The number of para-hydroxylation sites is 2. The number of hydrogen-bond acceptors (Lipinski definition) is 5. The van der Waals surface area contributed by atoms with Crippen molar-refractivity contribution in [2.24, 2.45) is 0 Å². The second kappa shape index (κ2) is 8.82. The van der Waals surface area contributed by atoms with Gasteiger partial charge in [-0.05, 0) is 46.2 Å². The molecule has 0 saturated carbocycles. The third kappa shape index (κ3) is 6.36. The van der Waals surface area contributed by atoms with Crippen LogP contribution in [-0.2, 0) is 9.53 Å². The predicted octanol–water partition coefficient (Wildman–Crippen LogP) is 2.87. The molecule has 0 saturated heterocycles. The van der Waals surface area contributed by atoms with Crippen LogP contribution < -0.4 is 10.2 Å². The molecule has 0 aliphatic carbocycles. The molecule has 0 bridgehead atoms. The average molecular weight is 352 g/mol. The van der Waals surface area contributed by atoms with Crippen molar-refractivity contribution in [3.63, 3.8) is 0 Å². The largest absolute Gasteiger partial charge is 0.443 e. The molecule has 1 aromatic carbocycles. The lowest BCUT2D eigenvalue weighted by Crippen LogP contribution is -2.48. The van der Waals surface area contributed by atoms with Gasteiger partial charge in [0.15, 0.2) is 6.29 Å². The van der Waals surface area contributed by atoms with Crippen molar-refractivity contribution in [3.8, 4) is 0 Å². The molecule has 1 aromatic rings. The van der Waals surface area contributed by atoms with Crippen molar-refractivity contribution < 1.29 is 24.5 Å². The quantitative estimate of drug-likeness (QED) is 0.684. The number of anilines is 2. The summed E-state index contributed by atoms with van der Waals surface area (Å²) in [6.07, 6.45) is -1.47. The van der Waals surface area contributed by atoms with E-state index in [1.165, 1.54) is 6.92 Å². The number of amides is 2. The third-order valence-electron chi connectivity index (χ3n) is 3.34. The third-order valence-corrected chi connectivity index (χ3v) is 3.34. The molecule has 1 rings (SSSR count). The van der Waals surface area contributed by atoms with Crippen molar-refractivity contribution >= 4 is 23.4 Å². The molecule has 7 nitrogen and oxygen atoms in total. The Labute approximate surface area is 148 Å². The van der Waals surface area contributed by atoms with Gasteiger partial charge in [0.25, 0.3) is 0 Å². The van der Waals surface area contributed by atoms with E-state index in [-0.39, 0.29) is 5.91 Å². The minimum Gasteiger partial charge on any atom is -0.443 e. The number of rotatable bonds is 6. The fraction of sp³-hybridized carbons (Fsp3) is 0.556. The van der Waals surface area contributed by atoms with Gasteiger partial charge >= 0.3 is 6.09 Å². The van der Waals surface area contributed by atoms with Crippen LogP contribution in [0.3, 0.4) is 0 Å². The van der Waals surface area contributed by atoms with Crippen LogP contribution in [-0.4, -0.2) is 40.1 Å². The van der Waals surface area contributed by atoms with Crippen molar-refractivity contribution in [1.29, 1.82) is 0 Å². The maximum atomic E-state index is 12.6. The molecule has 2 amide bonds. The second-order valence-corrected chi connectivity index (χ2v) is 6.82. The first-order valence-electron chi connectivity index (χ1n) is 8.34. The number of ether oxygens (including phenoxy) is 1. The molecule has 0 aromatic heterocycles. The van der Waals surface area contributed by atoms with Crippen LogP contribution in [0.4, 0.5) is 16.2 Å². The molecule has 0 radical (unpaired) electrons. The van der Waals surface area contributed by atoms with E-state index >= 15 is 0 Å². The summed E-state index contributed by atoms with van der Waals surface area (Å²) >= 11 is 0. The number of benzene rings is 1. The molecule has 7 heteroatoms. The summed E-state index contributed by atoms with van der Waals surface area (Å²) in [6.45, 7) is 8.54. The van der Waals surface area contributed by atoms with E-state index in [1.807, 2.05) is 6.92 Å². The highest BCUT2D eigenvalue weighted by Crippen LogP contribution is 2.30. The molecule has 0 unspecified atom stereocenters. The number of nitrogens with one attached hydrogen (secondary N) is 1. The monoisotopic (exact) mass is 352 g/mol. The maximum Gasteiger partial charge on any atom is 0.415 e. The van der Waals surface area contributed by atoms with Gasteiger partial charge in [-0.15, -0.1) is 0 Å². The Bertz CT molecular complexity index is 595. The van der Waals surface area contributed by atoms with Crippen LogP contribution in [0.15, 0.2) is 24.3 Å². The first-order chi connectivity index (χ1) is 11.6. The minimum atomic E-state index is -1.77. The summed E-state index contributed by atoms with van der Waals surface area (Å²) in [6, 6.07) is 5.71.